The molecule has 0 N–H and O–H groups in total. The molecule has 39 heavy (non-hydrogen) atoms. The van der Waals surface area contributed by atoms with Crippen molar-refractivity contribution in [3.05, 3.63) is 24.3 Å². The van der Waals surface area contributed by atoms with Crippen LogP contribution in [0.25, 0.3) is 0 Å². The van der Waals surface area contributed by atoms with E-state index in [1.165, 1.54) is 128 Å². The van der Waals surface area contributed by atoms with Crippen molar-refractivity contribution in [2.24, 2.45) is 0 Å². The average molecular weight is 547 g/mol. The summed E-state index contributed by atoms with van der Waals surface area (Å²) < 4.78 is 17.9. The maximum atomic E-state index is 6.59. The topological polar surface area (TPSA) is 34.3 Å². The summed E-state index contributed by atoms with van der Waals surface area (Å²) in [6, 6.07) is 0. The van der Waals surface area contributed by atoms with Crippen LogP contribution in [0.5, 0.6) is 0 Å². The van der Waals surface area contributed by atoms with Crippen molar-refractivity contribution in [1.82, 2.24) is 0 Å². The van der Waals surface area contributed by atoms with Gasteiger partial charge < -0.3 is 14.2 Å². The van der Waals surface area contributed by atoms with Gasteiger partial charge in [0.1, 0.15) is 12.2 Å². The van der Waals surface area contributed by atoms with Gasteiger partial charge in [-0.05, 0) is 51.4 Å². The Balaban J connectivity index is 1.47. The molecule has 2 heterocycles. The molecule has 0 radical (unpaired) electrons. The Bertz CT molecular complexity index is 528. The smallest absolute Gasteiger partial charge is 0.107 e. The summed E-state index contributed by atoms with van der Waals surface area (Å²) in [6.45, 7) is 6.31. The molecule has 3 nitrogen and oxygen atoms in total. The Hall–Kier alpha value is -0.640. The third-order valence-corrected chi connectivity index (χ3v) is 8.41. The highest BCUT2D eigenvalue weighted by atomic mass is 16.6. The molecule has 0 bridgehead atoms. The third kappa shape index (κ3) is 20.8. The van der Waals surface area contributed by atoms with Crippen molar-refractivity contribution in [2.45, 2.75) is 192 Å². The summed E-state index contributed by atoms with van der Waals surface area (Å²) >= 11 is 0. The van der Waals surface area contributed by atoms with Crippen LogP contribution in [0.15, 0.2) is 24.3 Å². The average Bonchev–Trinajstić information content (AvgIpc) is 3.86. The van der Waals surface area contributed by atoms with E-state index in [4.69, 9.17) is 14.2 Å². The summed E-state index contributed by atoms with van der Waals surface area (Å²) in [6.07, 6.45) is 42.6. The summed E-state index contributed by atoms with van der Waals surface area (Å²) in [5, 5.41) is 0. The third-order valence-electron chi connectivity index (χ3n) is 8.41. The predicted molar refractivity (Wildman–Crippen MR) is 169 cm³/mol. The molecule has 0 aromatic heterocycles. The van der Waals surface area contributed by atoms with E-state index in [1.54, 1.807) is 0 Å². The number of allylic oxidation sites excluding steroid dienone is 4. The highest BCUT2D eigenvalue weighted by molar-refractivity contribution is 4.91. The molecule has 0 amide bonds. The molecule has 4 unspecified atom stereocenters. The fraction of sp³-hybridized carbons (Fsp3) is 0.889. The molecule has 2 aliphatic heterocycles. The first-order valence-corrected chi connectivity index (χ1v) is 17.5. The molecule has 0 aliphatic carbocycles. The largest absolute Gasteiger partial charge is 0.370 e. The van der Waals surface area contributed by atoms with Crippen molar-refractivity contribution in [3.8, 4) is 0 Å². The number of unbranched alkanes of at least 4 members (excludes halogenated alkanes) is 18. The molecule has 4 atom stereocenters. The zero-order chi connectivity index (χ0) is 27.6. The second-order valence-corrected chi connectivity index (χ2v) is 12.3. The molecule has 0 aromatic carbocycles. The van der Waals surface area contributed by atoms with E-state index in [9.17, 15) is 0 Å². The van der Waals surface area contributed by atoms with E-state index in [2.05, 4.69) is 38.2 Å². The summed E-state index contributed by atoms with van der Waals surface area (Å²) in [5.41, 5.74) is 0. The normalized spacial score (nSPS) is 20.3. The first-order chi connectivity index (χ1) is 19.3. The van der Waals surface area contributed by atoms with Gasteiger partial charge in [-0.2, -0.15) is 0 Å². The van der Waals surface area contributed by atoms with Crippen LogP contribution < -0.4 is 0 Å². The van der Waals surface area contributed by atoms with Gasteiger partial charge in [0.2, 0.25) is 0 Å². The van der Waals surface area contributed by atoms with Gasteiger partial charge in [0.05, 0.1) is 25.4 Å². The van der Waals surface area contributed by atoms with E-state index in [0.717, 1.165) is 38.9 Å². The standard InChI is InChI=1S/C36H66O3/c1-3-5-7-9-11-13-15-17-19-21-23-25-27-29-33(35-31-37-35)39-34(36-32-38-36)30-28-26-24-22-20-18-16-14-12-10-8-6-4-2/h23-26,33-36H,3-22,27-32H2,1-2H3/b25-23+,26-24+. The van der Waals surface area contributed by atoms with E-state index in [0.29, 0.717) is 12.2 Å². The van der Waals surface area contributed by atoms with E-state index in [-0.39, 0.29) is 12.2 Å². The summed E-state index contributed by atoms with van der Waals surface area (Å²) in [7, 11) is 0. The zero-order valence-corrected chi connectivity index (χ0v) is 26.2. The van der Waals surface area contributed by atoms with Gasteiger partial charge in [-0.3, -0.25) is 0 Å². The van der Waals surface area contributed by atoms with Crippen LogP contribution in [0, 0.1) is 0 Å². The van der Waals surface area contributed by atoms with Gasteiger partial charge in [-0.15, -0.1) is 0 Å². The predicted octanol–water partition coefficient (Wildman–Crippen LogP) is 11.1. The SMILES string of the molecule is CCCCCCCCCCC/C=C/CCC(OC(CC/C=C/CCCCCCCCCCC)C1CO1)C1CO1. The molecule has 3 heteroatoms. The first-order valence-electron chi connectivity index (χ1n) is 17.5. The van der Waals surface area contributed by atoms with Crippen molar-refractivity contribution in [1.29, 1.82) is 0 Å². The van der Waals surface area contributed by atoms with E-state index < -0.39 is 0 Å². The van der Waals surface area contributed by atoms with Crippen molar-refractivity contribution >= 4 is 0 Å². The lowest BCUT2D eigenvalue weighted by Gasteiger charge is -2.22. The van der Waals surface area contributed by atoms with E-state index in [1.807, 2.05) is 0 Å². The van der Waals surface area contributed by atoms with Gasteiger partial charge in [-0.25, -0.2) is 0 Å². The lowest BCUT2D eigenvalue weighted by Crippen LogP contribution is -2.30. The Kier molecular flexibility index (Phi) is 22.2. The second kappa shape index (κ2) is 25.1. The van der Waals surface area contributed by atoms with Crippen molar-refractivity contribution in [3.63, 3.8) is 0 Å². The Morgan fingerprint density at radius 1 is 0.487 bits per heavy atom. The molecular weight excluding hydrogens is 480 g/mol. The van der Waals surface area contributed by atoms with Gasteiger partial charge in [0, 0.05) is 0 Å². The number of hydrogen-bond acceptors (Lipinski definition) is 3. The lowest BCUT2D eigenvalue weighted by atomic mass is 10.1. The molecule has 2 saturated heterocycles. The van der Waals surface area contributed by atoms with Gasteiger partial charge in [0.25, 0.3) is 0 Å². The minimum atomic E-state index is 0.225. The van der Waals surface area contributed by atoms with Crippen LogP contribution in [0.2, 0.25) is 0 Å². The van der Waals surface area contributed by atoms with Crippen LogP contribution in [-0.2, 0) is 14.2 Å². The van der Waals surface area contributed by atoms with Crippen LogP contribution in [-0.4, -0.2) is 37.6 Å². The highest BCUT2D eigenvalue weighted by Gasteiger charge is 2.39. The quantitative estimate of drug-likeness (QED) is 0.0510. The van der Waals surface area contributed by atoms with Gasteiger partial charge >= 0.3 is 0 Å². The fourth-order valence-corrected chi connectivity index (χ4v) is 5.59. The zero-order valence-electron chi connectivity index (χ0n) is 26.2. The number of ether oxygens (including phenoxy) is 3. The second-order valence-electron chi connectivity index (χ2n) is 12.3. The number of epoxide rings is 2. The highest BCUT2D eigenvalue weighted by Crippen LogP contribution is 2.29. The Morgan fingerprint density at radius 3 is 1.13 bits per heavy atom. The molecule has 0 saturated carbocycles. The van der Waals surface area contributed by atoms with Crippen molar-refractivity contribution in [2.75, 3.05) is 13.2 Å². The summed E-state index contributed by atoms with van der Waals surface area (Å²) in [5.74, 6) is 0. The van der Waals surface area contributed by atoms with Crippen LogP contribution in [0.1, 0.15) is 168 Å². The molecule has 2 aliphatic rings. The first kappa shape index (κ1) is 34.6. The van der Waals surface area contributed by atoms with Crippen molar-refractivity contribution < 1.29 is 14.2 Å². The van der Waals surface area contributed by atoms with Crippen LogP contribution >= 0.6 is 0 Å². The molecule has 2 rings (SSSR count). The Labute approximate surface area is 243 Å². The Morgan fingerprint density at radius 2 is 0.795 bits per heavy atom. The maximum Gasteiger partial charge on any atom is 0.107 e. The molecule has 0 aromatic rings. The molecule has 0 spiro atoms. The minimum absolute atomic E-state index is 0.225. The molecule has 2 fully saturated rings. The minimum Gasteiger partial charge on any atom is -0.370 e. The summed E-state index contributed by atoms with van der Waals surface area (Å²) in [4.78, 5) is 0. The monoisotopic (exact) mass is 547 g/mol. The molecule has 228 valence electrons. The van der Waals surface area contributed by atoms with Crippen LogP contribution in [0.3, 0.4) is 0 Å². The fourth-order valence-electron chi connectivity index (χ4n) is 5.59. The van der Waals surface area contributed by atoms with Crippen LogP contribution in [0.4, 0.5) is 0 Å². The molecular formula is C36H66O3. The maximum absolute atomic E-state index is 6.59. The lowest BCUT2D eigenvalue weighted by molar-refractivity contribution is -0.0440. The van der Waals surface area contributed by atoms with Gasteiger partial charge in [-0.1, -0.05) is 141 Å². The number of rotatable bonds is 30. The van der Waals surface area contributed by atoms with E-state index >= 15 is 0 Å². The van der Waals surface area contributed by atoms with Gasteiger partial charge in [0.15, 0.2) is 0 Å². The number of hydrogen-bond donors (Lipinski definition) is 0.